The standard InChI is InChI=1S/C13H18N2S/c1-10(13-7-4-8-16-13)15-12-6-3-2-5-11(12)9-14/h4,7-8,10-12,15H,2-3,5-6H2,1H3/t10-,11?,12?/m0/s1. The highest BCUT2D eigenvalue weighted by molar-refractivity contribution is 7.10. The van der Waals surface area contributed by atoms with E-state index in [9.17, 15) is 0 Å². The van der Waals surface area contributed by atoms with Crippen LogP contribution < -0.4 is 5.32 Å². The van der Waals surface area contributed by atoms with Crippen LogP contribution in [0.3, 0.4) is 0 Å². The predicted molar refractivity (Wildman–Crippen MR) is 67.2 cm³/mol. The summed E-state index contributed by atoms with van der Waals surface area (Å²) in [6.07, 6.45) is 4.68. The van der Waals surface area contributed by atoms with Crippen molar-refractivity contribution in [3.05, 3.63) is 22.4 Å². The summed E-state index contributed by atoms with van der Waals surface area (Å²) in [5.74, 6) is 0.205. The van der Waals surface area contributed by atoms with Gasteiger partial charge >= 0.3 is 0 Å². The number of nitrogens with zero attached hydrogens (tertiary/aromatic N) is 1. The summed E-state index contributed by atoms with van der Waals surface area (Å²) < 4.78 is 0. The average molecular weight is 234 g/mol. The van der Waals surface area contributed by atoms with E-state index in [0.29, 0.717) is 12.1 Å². The molecule has 0 aromatic carbocycles. The Kier molecular flexibility index (Phi) is 3.98. The van der Waals surface area contributed by atoms with Gasteiger partial charge in [-0.1, -0.05) is 18.9 Å². The molecule has 0 saturated heterocycles. The summed E-state index contributed by atoms with van der Waals surface area (Å²) in [6, 6.07) is 7.45. The van der Waals surface area contributed by atoms with Crippen LogP contribution in [-0.4, -0.2) is 6.04 Å². The molecule has 1 fully saturated rings. The van der Waals surface area contributed by atoms with Gasteiger partial charge in [-0.25, -0.2) is 0 Å². The molecule has 0 radical (unpaired) electrons. The molecule has 1 aliphatic rings. The SMILES string of the molecule is C[C@H](NC1CCCCC1C#N)c1cccs1. The summed E-state index contributed by atoms with van der Waals surface area (Å²) in [7, 11) is 0. The van der Waals surface area contributed by atoms with Gasteiger partial charge in [-0.15, -0.1) is 11.3 Å². The normalized spacial score (nSPS) is 27.2. The van der Waals surface area contributed by atoms with Crippen LogP contribution >= 0.6 is 11.3 Å². The first-order chi connectivity index (χ1) is 7.81. The minimum absolute atomic E-state index is 0.205. The Morgan fingerprint density at radius 3 is 3.00 bits per heavy atom. The number of hydrogen-bond acceptors (Lipinski definition) is 3. The van der Waals surface area contributed by atoms with Crippen molar-refractivity contribution in [2.24, 2.45) is 5.92 Å². The number of hydrogen-bond donors (Lipinski definition) is 1. The lowest BCUT2D eigenvalue weighted by atomic mass is 9.85. The molecule has 0 amide bonds. The Hall–Kier alpha value is -0.850. The van der Waals surface area contributed by atoms with Crippen LogP contribution in [0, 0.1) is 17.2 Å². The first kappa shape index (κ1) is 11.6. The molecule has 1 aliphatic carbocycles. The van der Waals surface area contributed by atoms with E-state index in [2.05, 4.69) is 35.8 Å². The first-order valence-electron chi connectivity index (χ1n) is 6.00. The molecule has 0 aliphatic heterocycles. The zero-order valence-corrected chi connectivity index (χ0v) is 10.5. The van der Waals surface area contributed by atoms with Gasteiger partial charge in [-0.3, -0.25) is 0 Å². The van der Waals surface area contributed by atoms with Crippen LogP contribution in [0.2, 0.25) is 0 Å². The molecule has 1 aromatic heterocycles. The van der Waals surface area contributed by atoms with Crippen LogP contribution in [0.25, 0.3) is 0 Å². The second kappa shape index (κ2) is 5.47. The number of nitrogens with one attached hydrogen (secondary N) is 1. The highest BCUT2D eigenvalue weighted by Crippen LogP contribution is 2.27. The lowest BCUT2D eigenvalue weighted by Gasteiger charge is -2.30. The van der Waals surface area contributed by atoms with Crippen LogP contribution in [-0.2, 0) is 0 Å². The van der Waals surface area contributed by atoms with E-state index in [-0.39, 0.29) is 5.92 Å². The Morgan fingerprint density at radius 2 is 2.31 bits per heavy atom. The zero-order valence-electron chi connectivity index (χ0n) is 9.65. The fourth-order valence-electron chi connectivity index (χ4n) is 2.43. The van der Waals surface area contributed by atoms with Crippen LogP contribution in [0.4, 0.5) is 0 Å². The van der Waals surface area contributed by atoms with E-state index in [1.807, 2.05) is 0 Å². The molecule has 2 unspecified atom stereocenters. The van der Waals surface area contributed by atoms with Crippen LogP contribution in [0.15, 0.2) is 17.5 Å². The lowest BCUT2D eigenvalue weighted by Crippen LogP contribution is -2.39. The molecule has 2 nitrogen and oxygen atoms in total. The maximum Gasteiger partial charge on any atom is 0.0672 e. The molecule has 1 saturated carbocycles. The Bertz CT molecular complexity index is 353. The molecule has 0 spiro atoms. The smallest absolute Gasteiger partial charge is 0.0672 e. The molecule has 1 heterocycles. The van der Waals surface area contributed by atoms with Crippen molar-refractivity contribution in [1.29, 1.82) is 5.26 Å². The van der Waals surface area contributed by atoms with Crippen LogP contribution in [0.5, 0.6) is 0 Å². The molecule has 1 N–H and O–H groups in total. The van der Waals surface area contributed by atoms with E-state index in [0.717, 1.165) is 12.8 Å². The van der Waals surface area contributed by atoms with Crippen molar-refractivity contribution in [2.75, 3.05) is 0 Å². The monoisotopic (exact) mass is 234 g/mol. The van der Waals surface area contributed by atoms with Gasteiger partial charge in [-0.2, -0.15) is 5.26 Å². The third kappa shape index (κ3) is 2.63. The van der Waals surface area contributed by atoms with Crippen molar-refractivity contribution in [3.8, 4) is 6.07 Å². The summed E-state index contributed by atoms with van der Waals surface area (Å²) in [5.41, 5.74) is 0. The van der Waals surface area contributed by atoms with Crippen molar-refractivity contribution >= 4 is 11.3 Å². The Labute approximate surface area is 101 Å². The largest absolute Gasteiger partial charge is 0.305 e. The quantitative estimate of drug-likeness (QED) is 0.869. The minimum atomic E-state index is 0.205. The molecule has 16 heavy (non-hydrogen) atoms. The van der Waals surface area contributed by atoms with Gasteiger partial charge in [0.1, 0.15) is 0 Å². The fraction of sp³-hybridized carbons (Fsp3) is 0.615. The highest BCUT2D eigenvalue weighted by Gasteiger charge is 2.26. The topological polar surface area (TPSA) is 35.8 Å². The maximum absolute atomic E-state index is 9.12. The van der Waals surface area contributed by atoms with Crippen molar-refractivity contribution in [3.63, 3.8) is 0 Å². The Balaban J connectivity index is 1.95. The second-order valence-electron chi connectivity index (χ2n) is 4.53. The first-order valence-corrected chi connectivity index (χ1v) is 6.88. The molecule has 3 atom stereocenters. The van der Waals surface area contributed by atoms with E-state index >= 15 is 0 Å². The van der Waals surface area contributed by atoms with Gasteiger partial charge in [0.15, 0.2) is 0 Å². The van der Waals surface area contributed by atoms with Gasteiger partial charge in [0.05, 0.1) is 12.0 Å². The maximum atomic E-state index is 9.12. The third-order valence-electron chi connectivity index (χ3n) is 3.37. The average Bonchev–Trinajstić information content (AvgIpc) is 2.83. The van der Waals surface area contributed by atoms with Gasteiger partial charge in [0.2, 0.25) is 0 Å². The summed E-state index contributed by atoms with van der Waals surface area (Å²) in [5, 5.41) is 14.8. The summed E-state index contributed by atoms with van der Waals surface area (Å²) >= 11 is 1.78. The van der Waals surface area contributed by atoms with Gasteiger partial charge in [0, 0.05) is 17.0 Å². The van der Waals surface area contributed by atoms with E-state index in [4.69, 9.17) is 5.26 Å². The fourth-order valence-corrected chi connectivity index (χ4v) is 3.17. The van der Waals surface area contributed by atoms with Gasteiger partial charge < -0.3 is 5.32 Å². The third-order valence-corrected chi connectivity index (χ3v) is 4.42. The van der Waals surface area contributed by atoms with Crippen molar-refractivity contribution in [2.45, 2.75) is 44.7 Å². The zero-order chi connectivity index (χ0) is 11.4. The molecule has 86 valence electrons. The van der Waals surface area contributed by atoms with Crippen LogP contribution in [0.1, 0.15) is 43.5 Å². The highest BCUT2D eigenvalue weighted by atomic mass is 32.1. The summed E-state index contributed by atoms with van der Waals surface area (Å²) in [6.45, 7) is 2.19. The second-order valence-corrected chi connectivity index (χ2v) is 5.51. The molecule has 3 heteroatoms. The van der Waals surface area contributed by atoms with Gasteiger partial charge in [0.25, 0.3) is 0 Å². The van der Waals surface area contributed by atoms with Gasteiger partial charge in [-0.05, 0) is 31.2 Å². The number of nitriles is 1. The molecule has 0 bridgehead atoms. The van der Waals surface area contributed by atoms with Crippen molar-refractivity contribution < 1.29 is 0 Å². The molecular formula is C13H18N2S. The molecule has 1 aromatic rings. The van der Waals surface area contributed by atoms with E-state index in [1.165, 1.54) is 17.7 Å². The summed E-state index contributed by atoms with van der Waals surface area (Å²) in [4.78, 5) is 1.36. The van der Waals surface area contributed by atoms with E-state index < -0.39 is 0 Å². The predicted octanol–water partition coefficient (Wildman–Crippen LogP) is 3.48. The number of rotatable bonds is 3. The van der Waals surface area contributed by atoms with Crippen molar-refractivity contribution in [1.82, 2.24) is 5.32 Å². The molecule has 2 rings (SSSR count). The Morgan fingerprint density at radius 1 is 1.50 bits per heavy atom. The minimum Gasteiger partial charge on any atom is -0.305 e. The van der Waals surface area contributed by atoms with E-state index in [1.54, 1.807) is 11.3 Å². The lowest BCUT2D eigenvalue weighted by molar-refractivity contribution is 0.293. The number of thiophene rings is 1. The molecular weight excluding hydrogens is 216 g/mol.